The molecule has 0 spiro atoms. The van der Waals surface area contributed by atoms with E-state index in [9.17, 15) is 13.6 Å². The minimum atomic E-state index is -0.453. The van der Waals surface area contributed by atoms with Crippen LogP contribution in [0.5, 0.6) is 0 Å². The average Bonchev–Trinajstić information content (AvgIpc) is 2.70. The second-order valence-electron chi connectivity index (χ2n) is 6.82. The lowest BCUT2D eigenvalue weighted by Gasteiger charge is -2.13. The maximum atomic E-state index is 13.7. The largest absolute Gasteiger partial charge is 0.357 e. The molecule has 0 atom stereocenters. The number of hydrogen-bond acceptors (Lipinski definition) is 2. The van der Waals surface area contributed by atoms with Gasteiger partial charge in [0.15, 0.2) is 5.96 Å². The lowest BCUT2D eigenvalue weighted by molar-refractivity contribution is 0.0827. The Morgan fingerprint density at radius 2 is 1.83 bits per heavy atom. The molecule has 0 aliphatic rings. The Kier molecular flexibility index (Phi) is 11.3. The van der Waals surface area contributed by atoms with Crippen molar-refractivity contribution in [2.75, 3.05) is 33.7 Å². The first-order valence-electron chi connectivity index (χ1n) is 9.67. The van der Waals surface area contributed by atoms with Gasteiger partial charge in [-0.15, -0.1) is 24.0 Å². The molecule has 2 aromatic carbocycles. The molecule has 1 amide bonds. The number of guanidine groups is 1. The Balaban J connectivity index is 0.00000450. The maximum Gasteiger partial charge on any atom is 0.253 e. The number of amides is 1. The Labute approximate surface area is 194 Å². The summed E-state index contributed by atoms with van der Waals surface area (Å²) in [5.74, 6) is -0.291. The third kappa shape index (κ3) is 8.25. The molecule has 2 rings (SSSR count). The molecule has 0 saturated carbocycles. The van der Waals surface area contributed by atoms with Crippen molar-refractivity contribution in [3.63, 3.8) is 0 Å². The van der Waals surface area contributed by atoms with E-state index in [2.05, 4.69) is 15.6 Å². The van der Waals surface area contributed by atoms with Crippen molar-refractivity contribution >= 4 is 35.8 Å². The van der Waals surface area contributed by atoms with Crippen molar-refractivity contribution in [2.24, 2.45) is 4.99 Å². The standard InChI is InChI=1S/C22H28F2N4O.HI/c1-4-25-22(27-13-11-17-15-19(23)8-9-20(17)24)26-12-10-16-6-5-7-18(14-16)21(29)28(2)3;/h5-9,14-15H,4,10-13H2,1-3H3,(H2,25,26,27);1H. The van der Waals surface area contributed by atoms with Gasteiger partial charge in [0.05, 0.1) is 0 Å². The van der Waals surface area contributed by atoms with Crippen LogP contribution in [0.3, 0.4) is 0 Å². The summed E-state index contributed by atoms with van der Waals surface area (Å²) in [6, 6.07) is 11.0. The lowest BCUT2D eigenvalue weighted by atomic mass is 10.1. The van der Waals surface area contributed by atoms with Crippen molar-refractivity contribution < 1.29 is 13.6 Å². The van der Waals surface area contributed by atoms with Crippen LogP contribution in [-0.2, 0) is 12.8 Å². The highest BCUT2D eigenvalue weighted by Gasteiger charge is 2.08. The first-order valence-corrected chi connectivity index (χ1v) is 9.67. The first kappa shape index (κ1) is 25.8. The fourth-order valence-electron chi connectivity index (χ4n) is 2.81. The van der Waals surface area contributed by atoms with Gasteiger partial charge in [0.25, 0.3) is 5.91 Å². The fraction of sp³-hybridized carbons (Fsp3) is 0.364. The van der Waals surface area contributed by atoms with Crippen LogP contribution < -0.4 is 10.6 Å². The number of rotatable bonds is 8. The molecular formula is C22H29F2IN4O. The van der Waals surface area contributed by atoms with Gasteiger partial charge in [0.2, 0.25) is 0 Å². The predicted molar refractivity (Wildman–Crippen MR) is 128 cm³/mol. The Hall–Kier alpha value is -2.23. The second-order valence-corrected chi connectivity index (χ2v) is 6.82. The summed E-state index contributed by atoms with van der Waals surface area (Å²) in [6.45, 7) is 3.61. The van der Waals surface area contributed by atoms with E-state index < -0.39 is 11.6 Å². The van der Waals surface area contributed by atoms with Gasteiger partial charge in [0.1, 0.15) is 11.6 Å². The van der Waals surface area contributed by atoms with E-state index in [1.807, 2.05) is 25.1 Å². The Morgan fingerprint density at radius 1 is 1.07 bits per heavy atom. The molecule has 0 aromatic heterocycles. The summed E-state index contributed by atoms with van der Waals surface area (Å²) in [7, 11) is 3.46. The average molecular weight is 530 g/mol. The van der Waals surface area contributed by atoms with Crippen LogP contribution in [0.2, 0.25) is 0 Å². The zero-order valence-corrected chi connectivity index (χ0v) is 19.9. The summed E-state index contributed by atoms with van der Waals surface area (Å²) >= 11 is 0. The minimum Gasteiger partial charge on any atom is -0.357 e. The molecule has 0 fully saturated rings. The van der Waals surface area contributed by atoms with E-state index in [4.69, 9.17) is 0 Å². The van der Waals surface area contributed by atoms with Gasteiger partial charge in [0, 0.05) is 39.3 Å². The molecular weight excluding hydrogens is 501 g/mol. The van der Waals surface area contributed by atoms with Gasteiger partial charge >= 0.3 is 0 Å². The fourth-order valence-corrected chi connectivity index (χ4v) is 2.81. The van der Waals surface area contributed by atoms with Crippen LogP contribution in [0.4, 0.5) is 8.78 Å². The number of nitrogens with one attached hydrogen (secondary N) is 2. The van der Waals surface area contributed by atoms with Crippen molar-refractivity contribution in [1.29, 1.82) is 0 Å². The van der Waals surface area contributed by atoms with E-state index in [1.165, 1.54) is 6.07 Å². The molecule has 0 radical (unpaired) electrons. The number of benzene rings is 2. The summed E-state index contributed by atoms with van der Waals surface area (Å²) in [6.07, 6.45) is 1.03. The zero-order chi connectivity index (χ0) is 21.2. The summed E-state index contributed by atoms with van der Waals surface area (Å²) in [5.41, 5.74) is 2.01. The molecule has 0 aliphatic carbocycles. The predicted octanol–water partition coefficient (Wildman–Crippen LogP) is 3.62. The van der Waals surface area contributed by atoms with Gasteiger partial charge in [-0.3, -0.25) is 9.79 Å². The number of aliphatic imine (C=N–C) groups is 1. The molecule has 8 heteroatoms. The van der Waals surface area contributed by atoms with E-state index in [0.29, 0.717) is 43.1 Å². The molecule has 164 valence electrons. The molecule has 0 aliphatic heterocycles. The first-order chi connectivity index (χ1) is 13.9. The highest BCUT2D eigenvalue weighted by Crippen LogP contribution is 2.10. The van der Waals surface area contributed by atoms with E-state index in [1.54, 1.807) is 25.1 Å². The third-order valence-corrected chi connectivity index (χ3v) is 4.29. The molecule has 0 bridgehead atoms. The van der Waals surface area contributed by atoms with Gasteiger partial charge in [-0.1, -0.05) is 12.1 Å². The minimum absolute atomic E-state index is 0. The molecule has 30 heavy (non-hydrogen) atoms. The van der Waals surface area contributed by atoms with Crippen molar-refractivity contribution in [1.82, 2.24) is 15.5 Å². The number of carbonyl (C=O) groups is 1. The van der Waals surface area contributed by atoms with Crippen LogP contribution in [-0.4, -0.2) is 50.5 Å². The van der Waals surface area contributed by atoms with Crippen LogP contribution in [0.1, 0.15) is 28.4 Å². The molecule has 5 nitrogen and oxygen atoms in total. The highest BCUT2D eigenvalue weighted by molar-refractivity contribution is 14.0. The monoisotopic (exact) mass is 530 g/mol. The van der Waals surface area contributed by atoms with Crippen LogP contribution in [0, 0.1) is 11.6 Å². The number of hydrogen-bond donors (Lipinski definition) is 2. The van der Waals surface area contributed by atoms with E-state index in [-0.39, 0.29) is 29.9 Å². The number of halogens is 3. The molecule has 0 heterocycles. The molecule has 0 saturated heterocycles. The van der Waals surface area contributed by atoms with Gasteiger partial charge in [-0.05, 0) is 61.2 Å². The van der Waals surface area contributed by atoms with Crippen molar-refractivity contribution in [3.05, 3.63) is 70.8 Å². The summed E-state index contributed by atoms with van der Waals surface area (Å²) in [4.78, 5) is 18.0. The summed E-state index contributed by atoms with van der Waals surface area (Å²) < 4.78 is 27.0. The van der Waals surface area contributed by atoms with Crippen LogP contribution >= 0.6 is 24.0 Å². The van der Waals surface area contributed by atoms with Crippen LogP contribution in [0.25, 0.3) is 0 Å². The van der Waals surface area contributed by atoms with Crippen molar-refractivity contribution in [2.45, 2.75) is 19.8 Å². The van der Waals surface area contributed by atoms with Gasteiger partial charge < -0.3 is 15.5 Å². The molecule has 2 N–H and O–H groups in total. The lowest BCUT2D eigenvalue weighted by Crippen LogP contribution is -2.38. The molecule has 2 aromatic rings. The topological polar surface area (TPSA) is 56.7 Å². The molecule has 0 unspecified atom stereocenters. The second kappa shape index (κ2) is 13.1. The highest BCUT2D eigenvalue weighted by atomic mass is 127. The van der Waals surface area contributed by atoms with Gasteiger partial charge in [-0.25, -0.2) is 8.78 Å². The zero-order valence-electron chi connectivity index (χ0n) is 17.5. The number of nitrogens with zero attached hydrogens (tertiary/aromatic N) is 2. The SMILES string of the molecule is CCNC(=NCCc1cc(F)ccc1F)NCCc1cccc(C(=O)N(C)C)c1.I. The number of carbonyl (C=O) groups excluding carboxylic acids is 1. The normalized spacial score (nSPS) is 10.9. The smallest absolute Gasteiger partial charge is 0.253 e. The van der Waals surface area contributed by atoms with Crippen molar-refractivity contribution in [3.8, 4) is 0 Å². The maximum absolute atomic E-state index is 13.7. The quantitative estimate of drug-likeness (QED) is 0.312. The third-order valence-electron chi connectivity index (χ3n) is 4.29. The van der Waals surface area contributed by atoms with Crippen LogP contribution in [0.15, 0.2) is 47.5 Å². The summed E-state index contributed by atoms with van der Waals surface area (Å²) in [5, 5.41) is 6.36. The van der Waals surface area contributed by atoms with E-state index >= 15 is 0 Å². The van der Waals surface area contributed by atoms with E-state index in [0.717, 1.165) is 24.1 Å². The Morgan fingerprint density at radius 3 is 2.53 bits per heavy atom. The Bertz CT molecular complexity index is 859. The van der Waals surface area contributed by atoms with Gasteiger partial charge in [-0.2, -0.15) is 0 Å².